The summed E-state index contributed by atoms with van der Waals surface area (Å²) in [5.74, 6) is -1.26. The predicted octanol–water partition coefficient (Wildman–Crippen LogP) is 2.83. The van der Waals surface area contributed by atoms with Gasteiger partial charge in [0.1, 0.15) is 5.65 Å². The molecule has 3 aromatic rings. The molecular formula is C18H17N3O3. The van der Waals surface area contributed by atoms with Gasteiger partial charge in [0.2, 0.25) is 5.91 Å². The van der Waals surface area contributed by atoms with Crippen LogP contribution in [0.15, 0.2) is 42.6 Å². The van der Waals surface area contributed by atoms with Crippen LogP contribution in [0.5, 0.6) is 0 Å². The fraction of sp³-hybridized carbons (Fsp3) is 0.167. The number of benzene rings is 1. The number of nitrogens with one attached hydrogen (secondary N) is 1. The number of rotatable bonds is 4. The number of amides is 1. The van der Waals surface area contributed by atoms with Crippen LogP contribution in [-0.4, -0.2) is 26.4 Å². The van der Waals surface area contributed by atoms with Crippen molar-refractivity contribution in [1.29, 1.82) is 0 Å². The Kier molecular flexibility index (Phi) is 4.04. The van der Waals surface area contributed by atoms with Crippen LogP contribution in [0.4, 0.5) is 5.69 Å². The van der Waals surface area contributed by atoms with Gasteiger partial charge in [0.25, 0.3) is 0 Å². The van der Waals surface area contributed by atoms with Gasteiger partial charge >= 0.3 is 5.97 Å². The number of aromatic nitrogens is 2. The van der Waals surface area contributed by atoms with Crippen LogP contribution in [0.2, 0.25) is 0 Å². The molecule has 122 valence electrons. The predicted molar refractivity (Wildman–Crippen MR) is 90.4 cm³/mol. The molecule has 0 bridgehead atoms. The van der Waals surface area contributed by atoms with Crippen molar-refractivity contribution in [1.82, 2.24) is 9.38 Å². The van der Waals surface area contributed by atoms with E-state index in [1.807, 2.05) is 42.6 Å². The fourth-order valence-corrected chi connectivity index (χ4v) is 2.53. The summed E-state index contributed by atoms with van der Waals surface area (Å²) < 4.78 is 1.93. The highest BCUT2D eigenvalue weighted by atomic mass is 16.4. The first-order valence-electron chi connectivity index (χ1n) is 7.51. The highest BCUT2D eigenvalue weighted by molar-refractivity contribution is 5.95. The number of carbonyl (C=O) groups is 2. The minimum atomic E-state index is -1.03. The van der Waals surface area contributed by atoms with E-state index in [1.54, 1.807) is 6.07 Å². The van der Waals surface area contributed by atoms with Gasteiger partial charge in [-0.2, -0.15) is 0 Å². The second-order valence-electron chi connectivity index (χ2n) is 5.69. The number of pyridine rings is 1. The molecule has 6 nitrogen and oxygen atoms in total. The summed E-state index contributed by atoms with van der Waals surface area (Å²) in [5, 5.41) is 11.8. The molecule has 0 unspecified atom stereocenters. The van der Waals surface area contributed by atoms with Gasteiger partial charge in [0.05, 0.1) is 17.7 Å². The highest BCUT2D eigenvalue weighted by Crippen LogP contribution is 2.17. The molecule has 0 saturated heterocycles. The molecule has 2 N–H and O–H groups in total. The molecule has 0 aliphatic carbocycles. The Morgan fingerprint density at radius 2 is 2.00 bits per heavy atom. The van der Waals surface area contributed by atoms with Crippen molar-refractivity contribution in [3.8, 4) is 0 Å². The molecule has 0 aliphatic rings. The lowest BCUT2D eigenvalue weighted by Crippen LogP contribution is -2.16. The molecule has 0 atom stereocenters. The number of imidazole rings is 1. The average Bonchev–Trinajstić information content (AvgIpc) is 2.93. The first-order chi connectivity index (χ1) is 11.4. The summed E-state index contributed by atoms with van der Waals surface area (Å²) in [6, 6.07) is 10.4. The van der Waals surface area contributed by atoms with Crippen molar-refractivity contribution in [2.24, 2.45) is 0 Å². The maximum atomic E-state index is 12.3. The van der Waals surface area contributed by atoms with Gasteiger partial charge in [-0.1, -0.05) is 12.1 Å². The van der Waals surface area contributed by atoms with Gasteiger partial charge in [0.15, 0.2) is 0 Å². The van der Waals surface area contributed by atoms with Crippen LogP contribution in [0.3, 0.4) is 0 Å². The molecule has 2 aromatic heterocycles. The minimum Gasteiger partial charge on any atom is -0.478 e. The van der Waals surface area contributed by atoms with Gasteiger partial charge in [-0.3, -0.25) is 4.79 Å². The van der Waals surface area contributed by atoms with Crippen LogP contribution >= 0.6 is 0 Å². The Balaban J connectivity index is 1.79. The smallest absolute Gasteiger partial charge is 0.335 e. The Bertz CT molecular complexity index is 944. The SMILES string of the molecule is Cc1ccc(C(=O)O)cc1NC(=O)Cc1cn2c(C)cccc2n1. The van der Waals surface area contributed by atoms with E-state index in [9.17, 15) is 9.59 Å². The molecule has 1 amide bonds. The van der Waals surface area contributed by atoms with E-state index in [4.69, 9.17) is 5.11 Å². The van der Waals surface area contributed by atoms with Crippen LogP contribution in [-0.2, 0) is 11.2 Å². The number of carbonyl (C=O) groups excluding carboxylic acids is 1. The lowest BCUT2D eigenvalue weighted by atomic mass is 10.1. The number of fused-ring (bicyclic) bond motifs is 1. The molecule has 6 heteroatoms. The van der Waals surface area contributed by atoms with Crippen LogP contribution in [0.25, 0.3) is 5.65 Å². The second kappa shape index (κ2) is 6.16. The molecule has 0 fully saturated rings. The van der Waals surface area contributed by atoms with Crippen molar-refractivity contribution < 1.29 is 14.7 Å². The monoisotopic (exact) mass is 323 g/mol. The molecule has 0 saturated carbocycles. The molecule has 1 aromatic carbocycles. The molecule has 3 rings (SSSR count). The summed E-state index contributed by atoms with van der Waals surface area (Å²) in [6.07, 6.45) is 1.96. The van der Waals surface area contributed by atoms with Crippen LogP contribution in [0.1, 0.15) is 27.3 Å². The topological polar surface area (TPSA) is 83.7 Å². The maximum absolute atomic E-state index is 12.3. The first kappa shape index (κ1) is 15.7. The summed E-state index contributed by atoms with van der Waals surface area (Å²) in [4.78, 5) is 27.7. The normalized spacial score (nSPS) is 10.8. The zero-order valence-corrected chi connectivity index (χ0v) is 13.4. The third kappa shape index (κ3) is 3.12. The molecule has 2 heterocycles. The zero-order valence-electron chi connectivity index (χ0n) is 13.4. The molecule has 0 spiro atoms. The van der Waals surface area contributed by atoms with Crippen molar-refractivity contribution >= 4 is 23.2 Å². The summed E-state index contributed by atoms with van der Waals surface area (Å²) in [6.45, 7) is 3.79. The second-order valence-corrected chi connectivity index (χ2v) is 5.69. The Morgan fingerprint density at radius 1 is 1.21 bits per heavy atom. The third-order valence-electron chi connectivity index (χ3n) is 3.85. The van der Waals surface area contributed by atoms with Crippen molar-refractivity contribution in [3.63, 3.8) is 0 Å². The lowest BCUT2D eigenvalue weighted by molar-refractivity contribution is -0.115. The number of anilines is 1. The summed E-state index contributed by atoms with van der Waals surface area (Å²) in [5.41, 5.74) is 3.94. The van der Waals surface area contributed by atoms with E-state index in [0.29, 0.717) is 11.4 Å². The number of hydrogen-bond acceptors (Lipinski definition) is 3. The standard InChI is InChI=1S/C18H17N3O3/c1-11-6-7-13(18(23)24)8-15(11)20-17(22)9-14-10-21-12(2)4-3-5-16(21)19-14/h3-8,10H,9H2,1-2H3,(H,20,22)(H,23,24). The Morgan fingerprint density at radius 3 is 2.71 bits per heavy atom. The van der Waals surface area contributed by atoms with Gasteiger partial charge in [-0.15, -0.1) is 0 Å². The zero-order chi connectivity index (χ0) is 17.3. The number of nitrogens with zero attached hydrogens (tertiary/aromatic N) is 2. The number of carboxylic acid groups (broad SMARTS) is 1. The average molecular weight is 323 g/mol. The first-order valence-corrected chi connectivity index (χ1v) is 7.51. The van der Waals surface area contributed by atoms with E-state index in [0.717, 1.165) is 16.9 Å². The summed E-state index contributed by atoms with van der Waals surface area (Å²) in [7, 11) is 0. The van der Waals surface area contributed by atoms with Gasteiger partial charge in [0, 0.05) is 17.6 Å². The van der Waals surface area contributed by atoms with E-state index < -0.39 is 5.97 Å². The van der Waals surface area contributed by atoms with Crippen molar-refractivity contribution in [2.75, 3.05) is 5.32 Å². The summed E-state index contributed by atoms with van der Waals surface area (Å²) >= 11 is 0. The Labute approximate surface area is 138 Å². The van der Waals surface area contributed by atoms with Gasteiger partial charge < -0.3 is 14.8 Å². The number of carboxylic acids is 1. The van der Waals surface area contributed by atoms with E-state index in [1.165, 1.54) is 12.1 Å². The van der Waals surface area contributed by atoms with E-state index >= 15 is 0 Å². The quantitative estimate of drug-likeness (QED) is 0.773. The molecular weight excluding hydrogens is 306 g/mol. The number of aryl methyl sites for hydroxylation is 2. The van der Waals surface area contributed by atoms with Gasteiger partial charge in [-0.05, 0) is 43.7 Å². The van der Waals surface area contributed by atoms with Gasteiger partial charge in [-0.25, -0.2) is 9.78 Å². The molecule has 0 aliphatic heterocycles. The van der Waals surface area contributed by atoms with Crippen LogP contribution < -0.4 is 5.32 Å². The maximum Gasteiger partial charge on any atom is 0.335 e. The number of hydrogen-bond donors (Lipinski definition) is 2. The minimum absolute atomic E-state index is 0.123. The molecule has 24 heavy (non-hydrogen) atoms. The lowest BCUT2D eigenvalue weighted by Gasteiger charge is -2.08. The van der Waals surface area contributed by atoms with Crippen molar-refractivity contribution in [3.05, 3.63) is 65.1 Å². The largest absolute Gasteiger partial charge is 0.478 e. The highest BCUT2D eigenvalue weighted by Gasteiger charge is 2.12. The van der Waals surface area contributed by atoms with E-state index in [-0.39, 0.29) is 17.9 Å². The Hall–Kier alpha value is -3.15. The third-order valence-corrected chi connectivity index (χ3v) is 3.85. The van der Waals surface area contributed by atoms with Crippen molar-refractivity contribution in [2.45, 2.75) is 20.3 Å². The van der Waals surface area contributed by atoms with Crippen LogP contribution in [0, 0.1) is 13.8 Å². The fourth-order valence-electron chi connectivity index (χ4n) is 2.53. The number of aromatic carboxylic acids is 1. The molecule has 0 radical (unpaired) electrons. The van der Waals surface area contributed by atoms with E-state index in [2.05, 4.69) is 10.3 Å².